The maximum Gasteiger partial charge on any atom is 0.231 e. The zero-order valence-electron chi connectivity index (χ0n) is 10.6. The van der Waals surface area contributed by atoms with Crippen LogP contribution in [0.5, 0.6) is 0 Å². The van der Waals surface area contributed by atoms with Crippen molar-refractivity contribution in [3.8, 4) is 0 Å². The van der Waals surface area contributed by atoms with Crippen LogP contribution in [0.2, 0.25) is 0 Å². The van der Waals surface area contributed by atoms with Crippen LogP contribution in [0.4, 0.5) is 20.2 Å². The summed E-state index contributed by atoms with van der Waals surface area (Å²) in [5.41, 5.74) is 8.28. The molecule has 102 valence electrons. The molecule has 3 nitrogen and oxygen atoms in total. The minimum absolute atomic E-state index is 0.102. The fourth-order valence-corrected chi connectivity index (χ4v) is 2.46. The molecule has 1 amide bonds. The quantitative estimate of drug-likeness (QED) is 0.856. The largest absolute Gasteiger partial charge is 0.399 e. The Morgan fingerprint density at radius 1 is 1.10 bits per heavy atom. The van der Waals surface area contributed by atoms with Crippen molar-refractivity contribution in [2.45, 2.75) is 13.0 Å². The number of halogens is 2. The molecule has 0 bridgehead atoms. The van der Waals surface area contributed by atoms with Gasteiger partial charge in [-0.15, -0.1) is 0 Å². The Balaban J connectivity index is 1.94. The van der Waals surface area contributed by atoms with E-state index in [0.29, 0.717) is 11.3 Å². The van der Waals surface area contributed by atoms with Crippen LogP contribution in [-0.2, 0) is 17.8 Å². The summed E-state index contributed by atoms with van der Waals surface area (Å²) in [6.45, 7) is 0.143. The molecular formula is C15H12F2N2O. The average Bonchev–Trinajstić information content (AvgIpc) is 2.64. The van der Waals surface area contributed by atoms with Gasteiger partial charge in [0.25, 0.3) is 0 Å². The fraction of sp³-hybridized carbons (Fsp3) is 0.133. The Morgan fingerprint density at radius 3 is 2.50 bits per heavy atom. The van der Waals surface area contributed by atoms with E-state index in [1.807, 2.05) is 0 Å². The zero-order chi connectivity index (χ0) is 14.3. The predicted molar refractivity (Wildman–Crippen MR) is 72.1 cm³/mol. The van der Waals surface area contributed by atoms with Crippen LogP contribution in [0.15, 0.2) is 36.4 Å². The summed E-state index contributed by atoms with van der Waals surface area (Å²) in [6.07, 6.45) is 0.262. The maximum atomic E-state index is 13.2. The number of fused-ring (bicyclic) bond motifs is 1. The van der Waals surface area contributed by atoms with Crippen molar-refractivity contribution in [3.63, 3.8) is 0 Å². The molecule has 0 aliphatic carbocycles. The first-order valence-electron chi connectivity index (χ1n) is 6.16. The monoisotopic (exact) mass is 274 g/mol. The highest BCUT2D eigenvalue weighted by Gasteiger charge is 2.27. The van der Waals surface area contributed by atoms with Gasteiger partial charge < -0.3 is 10.6 Å². The van der Waals surface area contributed by atoms with Crippen LogP contribution >= 0.6 is 0 Å². The summed E-state index contributed by atoms with van der Waals surface area (Å²) in [5.74, 6) is -1.40. The molecule has 0 saturated carbocycles. The number of hydrogen-bond acceptors (Lipinski definition) is 2. The third-order valence-electron chi connectivity index (χ3n) is 3.30. The highest BCUT2D eigenvalue weighted by atomic mass is 19.1. The van der Waals surface area contributed by atoms with Gasteiger partial charge in [-0.25, -0.2) is 8.78 Å². The van der Waals surface area contributed by atoms with Crippen LogP contribution < -0.4 is 10.6 Å². The highest BCUT2D eigenvalue weighted by molar-refractivity contribution is 6.01. The Hall–Kier alpha value is -2.43. The van der Waals surface area contributed by atoms with E-state index in [1.54, 1.807) is 18.2 Å². The van der Waals surface area contributed by atoms with E-state index in [9.17, 15) is 13.6 Å². The lowest BCUT2D eigenvalue weighted by Crippen LogP contribution is -2.26. The molecule has 0 aromatic heterocycles. The van der Waals surface area contributed by atoms with Gasteiger partial charge in [-0.2, -0.15) is 0 Å². The molecule has 0 spiro atoms. The van der Waals surface area contributed by atoms with Gasteiger partial charge in [-0.1, -0.05) is 0 Å². The molecule has 5 heteroatoms. The Bertz CT molecular complexity index is 680. The van der Waals surface area contributed by atoms with Crippen LogP contribution in [0.3, 0.4) is 0 Å². The predicted octanol–water partition coefficient (Wildman–Crippen LogP) is 2.64. The lowest BCUT2D eigenvalue weighted by Gasteiger charge is -2.17. The number of benzene rings is 2. The first-order valence-corrected chi connectivity index (χ1v) is 6.16. The number of nitrogens with two attached hydrogens (primary N) is 1. The van der Waals surface area contributed by atoms with Crippen LogP contribution in [0.25, 0.3) is 0 Å². The van der Waals surface area contributed by atoms with Gasteiger partial charge in [-0.05, 0) is 41.5 Å². The SMILES string of the molecule is Nc1ccc2c(c1)CC(=O)N2Cc1cc(F)cc(F)c1. The number of amides is 1. The second-order valence-corrected chi connectivity index (χ2v) is 4.82. The van der Waals surface area contributed by atoms with Gasteiger partial charge in [0.05, 0.1) is 13.0 Å². The van der Waals surface area contributed by atoms with E-state index in [0.717, 1.165) is 17.3 Å². The Labute approximate surface area is 114 Å². The van der Waals surface area contributed by atoms with Gasteiger partial charge in [0.1, 0.15) is 11.6 Å². The maximum absolute atomic E-state index is 13.2. The summed E-state index contributed by atoms with van der Waals surface area (Å²) in [4.78, 5) is 13.5. The first kappa shape index (κ1) is 12.6. The Morgan fingerprint density at radius 2 is 1.80 bits per heavy atom. The number of hydrogen-bond donors (Lipinski definition) is 1. The summed E-state index contributed by atoms with van der Waals surface area (Å²) < 4.78 is 26.4. The molecule has 1 aliphatic heterocycles. The van der Waals surface area contributed by atoms with Crippen LogP contribution in [0, 0.1) is 11.6 Å². The molecule has 20 heavy (non-hydrogen) atoms. The van der Waals surface area contributed by atoms with Crippen molar-refractivity contribution >= 4 is 17.3 Å². The summed E-state index contributed by atoms with van der Waals surface area (Å²) in [5, 5.41) is 0. The topological polar surface area (TPSA) is 46.3 Å². The summed E-state index contributed by atoms with van der Waals surface area (Å²) >= 11 is 0. The number of nitrogens with zero attached hydrogens (tertiary/aromatic N) is 1. The normalized spacial score (nSPS) is 13.7. The summed E-state index contributed by atoms with van der Waals surface area (Å²) in [6, 6.07) is 8.47. The Kier molecular flexibility index (Phi) is 2.89. The lowest BCUT2D eigenvalue weighted by molar-refractivity contribution is -0.117. The van der Waals surface area contributed by atoms with Crippen LogP contribution in [0.1, 0.15) is 11.1 Å². The molecule has 1 aliphatic rings. The van der Waals surface area contributed by atoms with Crippen molar-refractivity contribution in [1.82, 2.24) is 0 Å². The van der Waals surface area contributed by atoms with Crippen molar-refractivity contribution in [2.75, 3.05) is 10.6 Å². The minimum Gasteiger partial charge on any atom is -0.399 e. The molecule has 3 rings (SSSR count). The smallest absolute Gasteiger partial charge is 0.231 e. The molecule has 0 radical (unpaired) electrons. The van der Waals surface area contributed by atoms with E-state index >= 15 is 0 Å². The average molecular weight is 274 g/mol. The van der Waals surface area contributed by atoms with Crippen molar-refractivity contribution < 1.29 is 13.6 Å². The molecule has 2 N–H and O–H groups in total. The third kappa shape index (κ3) is 2.22. The van der Waals surface area contributed by atoms with Gasteiger partial charge >= 0.3 is 0 Å². The second-order valence-electron chi connectivity index (χ2n) is 4.82. The van der Waals surface area contributed by atoms with E-state index in [2.05, 4.69) is 0 Å². The number of carbonyl (C=O) groups excluding carboxylic acids is 1. The van der Waals surface area contributed by atoms with Crippen LogP contribution in [-0.4, -0.2) is 5.91 Å². The number of anilines is 2. The second kappa shape index (κ2) is 4.59. The van der Waals surface area contributed by atoms with Gasteiger partial charge in [0, 0.05) is 17.4 Å². The van der Waals surface area contributed by atoms with Crippen molar-refractivity contribution in [3.05, 3.63) is 59.2 Å². The van der Waals surface area contributed by atoms with Gasteiger partial charge in [0.2, 0.25) is 5.91 Å². The highest BCUT2D eigenvalue weighted by Crippen LogP contribution is 2.31. The molecule has 0 unspecified atom stereocenters. The standard InChI is InChI=1S/C15H12F2N2O/c16-11-3-9(4-12(17)7-11)8-19-14-2-1-13(18)5-10(14)6-15(19)20/h1-5,7H,6,8,18H2. The fourth-order valence-electron chi connectivity index (χ4n) is 2.46. The van der Waals surface area contributed by atoms with Crippen molar-refractivity contribution in [1.29, 1.82) is 0 Å². The van der Waals surface area contributed by atoms with Gasteiger partial charge in [0.15, 0.2) is 0 Å². The molecule has 1 heterocycles. The molecule has 2 aromatic carbocycles. The minimum atomic E-state index is -0.649. The molecule has 0 atom stereocenters. The first-order chi connectivity index (χ1) is 9.52. The summed E-state index contributed by atoms with van der Waals surface area (Å²) in [7, 11) is 0. The molecule has 0 saturated heterocycles. The zero-order valence-corrected chi connectivity index (χ0v) is 10.6. The van der Waals surface area contributed by atoms with E-state index in [4.69, 9.17) is 5.73 Å². The lowest BCUT2D eigenvalue weighted by atomic mass is 10.1. The van der Waals surface area contributed by atoms with E-state index in [1.165, 1.54) is 17.0 Å². The van der Waals surface area contributed by atoms with E-state index < -0.39 is 11.6 Å². The number of rotatable bonds is 2. The number of nitrogen functional groups attached to an aromatic ring is 1. The molecule has 0 fully saturated rings. The van der Waals surface area contributed by atoms with Gasteiger partial charge in [-0.3, -0.25) is 4.79 Å². The van der Waals surface area contributed by atoms with E-state index in [-0.39, 0.29) is 18.9 Å². The third-order valence-corrected chi connectivity index (χ3v) is 3.30. The van der Waals surface area contributed by atoms with Crippen molar-refractivity contribution in [2.24, 2.45) is 0 Å². The number of carbonyl (C=O) groups is 1. The molecule has 2 aromatic rings. The molecular weight excluding hydrogens is 262 g/mol.